The van der Waals surface area contributed by atoms with E-state index in [1.807, 2.05) is 0 Å². The molecule has 0 bridgehead atoms. The maximum atomic E-state index is 11.8. The molecule has 0 heterocycles. The van der Waals surface area contributed by atoms with Crippen LogP contribution in [0.5, 0.6) is 0 Å². The third-order valence-electron chi connectivity index (χ3n) is 5.67. The molecule has 130 valence electrons. The van der Waals surface area contributed by atoms with Gasteiger partial charge in [0.1, 0.15) is 6.54 Å². The van der Waals surface area contributed by atoms with Crippen molar-refractivity contribution in [1.29, 1.82) is 0 Å². The van der Waals surface area contributed by atoms with Crippen molar-refractivity contribution in [3.8, 4) is 0 Å². The zero-order chi connectivity index (χ0) is 16.2. The molecule has 0 aromatic rings. The lowest BCUT2D eigenvalue weighted by Gasteiger charge is -2.39. The Bertz CT molecular complexity index is 444. The van der Waals surface area contributed by atoms with Crippen LogP contribution < -0.4 is 10.6 Å². The summed E-state index contributed by atoms with van der Waals surface area (Å²) in [7, 11) is 3.56. The lowest BCUT2D eigenvalue weighted by atomic mass is 9.69. The van der Waals surface area contributed by atoms with E-state index < -0.39 is 0 Å². The van der Waals surface area contributed by atoms with Crippen molar-refractivity contribution in [2.75, 3.05) is 20.6 Å². The number of likely N-dealkylation sites (N-methyl/N-ethyl adjacent to an activating group) is 1. The first-order valence-electron chi connectivity index (χ1n) is 9.39. The molecule has 3 unspecified atom stereocenters. The second-order valence-corrected chi connectivity index (χ2v) is 7.83. The van der Waals surface area contributed by atoms with Crippen molar-refractivity contribution in [3.05, 3.63) is 0 Å². The standard InChI is InChI=1S/C18H32N4O/c1-22(2)17(23)12-19-18(20-15-9-10-15)21-16-8-7-13-5-3-4-6-14(13)11-16/h13-16H,3-12H2,1-2H3,(H2,19,20,21). The van der Waals surface area contributed by atoms with Gasteiger partial charge in [0.05, 0.1) is 0 Å². The second-order valence-electron chi connectivity index (χ2n) is 7.83. The van der Waals surface area contributed by atoms with Crippen molar-refractivity contribution in [2.24, 2.45) is 16.8 Å². The summed E-state index contributed by atoms with van der Waals surface area (Å²) in [6, 6.07) is 1.08. The average Bonchev–Trinajstić information content (AvgIpc) is 3.36. The summed E-state index contributed by atoms with van der Waals surface area (Å²) in [6.45, 7) is 0.230. The van der Waals surface area contributed by atoms with Crippen LogP contribution in [-0.2, 0) is 4.79 Å². The molecule has 2 N–H and O–H groups in total. The molecule has 0 spiro atoms. The minimum atomic E-state index is 0.0536. The van der Waals surface area contributed by atoms with Crippen LogP contribution in [0.2, 0.25) is 0 Å². The van der Waals surface area contributed by atoms with E-state index in [-0.39, 0.29) is 12.5 Å². The third-order valence-corrected chi connectivity index (χ3v) is 5.67. The molecule has 3 rings (SSSR count). The summed E-state index contributed by atoms with van der Waals surface area (Å²) in [5, 5.41) is 7.10. The highest BCUT2D eigenvalue weighted by Crippen LogP contribution is 2.40. The van der Waals surface area contributed by atoms with Gasteiger partial charge in [0.2, 0.25) is 5.91 Å². The number of aliphatic imine (C=N–C) groups is 1. The number of nitrogens with one attached hydrogen (secondary N) is 2. The van der Waals surface area contributed by atoms with E-state index >= 15 is 0 Å². The number of carbonyl (C=O) groups excluding carboxylic acids is 1. The van der Waals surface area contributed by atoms with Gasteiger partial charge in [0, 0.05) is 26.2 Å². The fourth-order valence-electron chi connectivity index (χ4n) is 4.04. The van der Waals surface area contributed by atoms with E-state index in [1.165, 1.54) is 57.8 Å². The number of carbonyl (C=O) groups is 1. The van der Waals surface area contributed by atoms with Crippen molar-refractivity contribution in [3.63, 3.8) is 0 Å². The van der Waals surface area contributed by atoms with E-state index in [9.17, 15) is 4.79 Å². The van der Waals surface area contributed by atoms with E-state index in [2.05, 4.69) is 15.6 Å². The predicted molar refractivity (Wildman–Crippen MR) is 93.4 cm³/mol. The maximum absolute atomic E-state index is 11.8. The Morgan fingerprint density at radius 3 is 2.30 bits per heavy atom. The fourth-order valence-corrected chi connectivity index (χ4v) is 4.04. The Kier molecular flexibility index (Phi) is 5.44. The first-order chi connectivity index (χ1) is 11.1. The van der Waals surface area contributed by atoms with Gasteiger partial charge in [-0.1, -0.05) is 25.7 Å². The van der Waals surface area contributed by atoms with E-state index in [0.29, 0.717) is 12.1 Å². The molecular weight excluding hydrogens is 288 g/mol. The number of fused-ring (bicyclic) bond motifs is 1. The zero-order valence-corrected chi connectivity index (χ0v) is 14.7. The van der Waals surface area contributed by atoms with E-state index in [0.717, 1.165) is 17.8 Å². The number of hydrogen-bond acceptors (Lipinski definition) is 2. The molecule has 5 heteroatoms. The number of guanidine groups is 1. The van der Waals surface area contributed by atoms with Crippen LogP contribution in [0, 0.1) is 11.8 Å². The zero-order valence-electron chi connectivity index (χ0n) is 14.7. The minimum absolute atomic E-state index is 0.0536. The van der Waals surface area contributed by atoms with Gasteiger partial charge < -0.3 is 15.5 Å². The average molecular weight is 320 g/mol. The Balaban J connectivity index is 1.54. The molecular formula is C18H32N4O. The van der Waals surface area contributed by atoms with Crippen molar-refractivity contribution in [1.82, 2.24) is 15.5 Å². The fraction of sp³-hybridized carbons (Fsp3) is 0.889. The molecule has 0 saturated heterocycles. The summed E-state index contributed by atoms with van der Waals surface area (Å²) >= 11 is 0. The summed E-state index contributed by atoms with van der Waals surface area (Å²) < 4.78 is 0. The molecule has 0 aromatic heterocycles. The van der Waals surface area contributed by atoms with Crippen LogP contribution >= 0.6 is 0 Å². The van der Waals surface area contributed by atoms with Gasteiger partial charge in [-0.25, -0.2) is 4.99 Å². The van der Waals surface area contributed by atoms with Gasteiger partial charge in [0.15, 0.2) is 5.96 Å². The van der Waals surface area contributed by atoms with Crippen LogP contribution in [0.15, 0.2) is 4.99 Å². The smallest absolute Gasteiger partial charge is 0.243 e. The molecule has 3 fully saturated rings. The molecule has 3 atom stereocenters. The molecule has 1 amide bonds. The normalized spacial score (nSPS) is 31.2. The third kappa shape index (κ3) is 4.85. The van der Waals surface area contributed by atoms with Gasteiger partial charge in [0.25, 0.3) is 0 Å². The summed E-state index contributed by atoms with van der Waals surface area (Å²) in [5.74, 6) is 2.77. The monoisotopic (exact) mass is 320 g/mol. The Labute approximate surface area is 140 Å². The summed E-state index contributed by atoms with van der Waals surface area (Å²) in [5.41, 5.74) is 0. The first kappa shape index (κ1) is 16.6. The lowest BCUT2D eigenvalue weighted by Crippen LogP contribution is -2.48. The SMILES string of the molecule is CN(C)C(=O)CN=C(NC1CC1)NC1CCC2CCCCC2C1. The van der Waals surface area contributed by atoms with Gasteiger partial charge in [-0.3, -0.25) is 4.79 Å². The summed E-state index contributed by atoms with van der Waals surface area (Å²) in [6.07, 6.45) is 12.0. The quantitative estimate of drug-likeness (QED) is 0.616. The lowest BCUT2D eigenvalue weighted by molar-refractivity contribution is -0.127. The number of nitrogens with zero attached hydrogens (tertiary/aromatic N) is 2. The molecule has 0 radical (unpaired) electrons. The maximum Gasteiger partial charge on any atom is 0.243 e. The van der Waals surface area contributed by atoms with E-state index in [4.69, 9.17) is 0 Å². The largest absolute Gasteiger partial charge is 0.354 e. The van der Waals surface area contributed by atoms with Gasteiger partial charge in [-0.15, -0.1) is 0 Å². The first-order valence-corrected chi connectivity index (χ1v) is 9.39. The summed E-state index contributed by atoms with van der Waals surface area (Å²) in [4.78, 5) is 17.9. The Hall–Kier alpha value is -1.26. The highest BCUT2D eigenvalue weighted by atomic mass is 16.2. The van der Waals surface area contributed by atoms with Gasteiger partial charge in [-0.05, 0) is 43.9 Å². The molecule has 5 nitrogen and oxygen atoms in total. The molecule has 23 heavy (non-hydrogen) atoms. The van der Waals surface area contributed by atoms with Crippen molar-refractivity contribution < 1.29 is 4.79 Å². The van der Waals surface area contributed by atoms with Crippen molar-refractivity contribution >= 4 is 11.9 Å². The number of amides is 1. The topological polar surface area (TPSA) is 56.7 Å². The molecule has 3 aliphatic rings. The van der Waals surface area contributed by atoms with Crippen LogP contribution in [0.1, 0.15) is 57.8 Å². The van der Waals surface area contributed by atoms with Crippen LogP contribution in [-0.4, -0.2) is 49.5 Å². The predicted octanol–water partition coefficient (Wildman–Crippen LogP) is 2.13. The minimum Gasteiger partial charge on any atom is -0.354 e. The van der Waals surface area contributed by atoms with Gasteiger partial charge in [-0.2, -0.15) is 0 Å². The van der Waals surface area contributed by atoms with Gasteiger partial charge >= 0.3 is 0 Å². The molecule has 0 aliphatic heterocycles. The van der Waals surface area contributed by atoms with Crippen LogP contribution in [0.3, 0.4) is 0 Å². The van der Waals surface area contributed by atoms with Crippen molar-refractivity contribution in [2.45, 2.75) is 69.9 Å². The van der Waals surface area contributed by atoms with Crippen LogP contribution in [0.4, 0.5) is 0 Å². The number of hydrogen-bond donors (Lipinski definition) is 2. The molecule has 3 saturated carbocycles. The second kappa shape index (κ2) is 7.54. The Morgan fingerprint density at radius 1 is 0.957 bits per heavy atom. The van der Waals surface area contributed by atoms with Crippen LogP contribution in [0.25, 0.3) is 0 Å². The van der Waals surface area contributed by atoms with E-state index in [1.54, 1.807) is 19.0 Å². The molecule has 3 aliphatic carbocycles. The molecule has 0 aromatic carbocycles. The number of rotatable bonds is 4. The Morgan fingerprint density at radius 2 is 1.61 bits per heavy atom. The highest BCUT2D eigenvalue weighted by molar-refractivity contribution is 5.85. The highest BCUT2D eigenvalue weighted by Gasteiger charge is 2.33.